The Bertz CT molecular complexity index is 1190. The second kappa shape index (κ2) is 9.05. The van der Waals surface area contributed by atoms with Crippen molar-refractivity contribution < 1.29 is 14.6 Å². The van der Waals surface area contributed by atoms with Gasteiger partial charge in [0, 0.05) is 36.5 Å². The SMILES string of the molecule is COc1cccc([C@@]23CCN(C)C[C@H]2C(O)C[C@@H](N(C)C(=O)c2ccc4ccccc4c2)C3)c1. The molecule has 2 aliphatic rings. The summed E-state index contributed by atoms with van der Waals surface area (Å²) in [5.41, 5.74) is 1.71. The largest absolute Gasteiger partial charge is 0.497 e. The van der Waals surface area contributed by atoms with Crippen molar-refractivity contribution in [3.05, 3.63) is 77.9 Å². The van der Waals surface area contributed by atoms with Gasteiger partial charge in [-0.3, -0.25) is 4.79 Å². The number of hydrogen-bond donors (Lipinski definition) is 1. The third-order valence-corrected chi connectivity index (χ3v) is 8.24. The highest BCUT2D eigenvalue weighted by Gasteiger charge is 2.52. The second-order valence-corrected chi connectivity index (χ2v) is 10.1. The molecule has 1 amide bonds. The molecule has 1 saturated heterocycles. The third-order valence-electron chi connectivity index (χ3n) is 8.24. The molecule has 5 heteroatoms. The summed E-state index contributed by atoms with van der Waals surface area (Å²) in [5, 5.41) is 13.6. The van der Waals surface area contributed by atoms with Gasteiger partial charge in [-0.25, -0.2) is 0 Å². The molecule has 2 fully saturated rings. The fraction of sp³-hybridized carbons (Fsp3) is 0.414. The van der Waals surface area contributed by atoms with Crippen molar-refractivity contribution in [2.24, 2.45) is 5.92 Å². The Labute approximate surface area is 201 Å². The summed E-state index contributed by atoms with van der Waals surface area (Å²) in [4.78, 5) is 17.7. The van der Waals surface area contributed by atoms with Gasteiger partial charge >= 0.3 is 0 Å². The van der Waals surface area contributed by atoms with Gasteiger partial charge < -0.3 is 19.6 Å². The van der Waals surface area contributed by atoms with E-state index in [1.165, 1.54) is 5.56 Å². The number of methoxy groups -OCH3 is 1. The lowest BCUT2D eigenvalue weighted by atomic mass is 9.57. The maximum atomic E-state index is 13.6. The number of carbonyl (C=O) groups is 1. The van der Waals surface area contributed by atoms with Crippen molar-refractivity contribution in [3.63, 3.8) is 0 Å². The van der Waals surface area contributed by atoms with Crippen LogP contribution in [0, 0.1) is 5.92 Å². The number of fused-ring (bicyclic) bond motifs is 2. The van der Waals surface area contributed by atoms with Crippen LogP contribution in [0.1, 0.15) is 35.2 Å². The van der Waals surface area contributed by atoms with Crippen LogP contribution in [0.15, 0.2) is 66.7 Å². The van der Waals surface area contributed by atoms with Crippen LogP contribution in [0.3, 0.4) is 0 Å². The first kappa shape index (κ1) is 22.9. The van der Waals surface area contributed by atoms with Gasteiger partial charge in [-0.05, 0) is 73.5 Å². The molecule has 1 saturated carbocycles. The number of rotatable bonds is 4. The summed E-state index contributed by atoms with van der Waals surface area (Å²) < 4.78 is 5.54. The number of piperidine rings is 1. The summed E-state index contributed by atoms with van der Waals surface area (Å²) in [5.74, 6) is 0.968. The molecule has 0 spiro atoms. The van der Waals surface area contributed by atoms with Crippen LogP contribution >= 0.6 is 0 Å². The monoisotopic (exact) mass is 458 g/mol. The molecule has 5 nitrogen and oxygen atoms in total. The minimum Gasteiger partial charge on any atom is -0.497 e. The van der Waals surface area contributed by atoms with Gasteiger partial charge in [0.05, 0.1) is 13.2 Å². The number of carbonyl (C=O) groups excluding carboxylic acids is 1. The standard InChI is InChI=1S/C29H34N2O3/c1-30-14-13-29(23-9-6-10-25(16-23)34-3)18-24(17-27(32)26(29)19-30)31(2)28(33)22-12-11-20-7-4-5-8-21(20)15-22/h4-12,15-16,24,26-27,32H,13-14,17-19H2,1-3H3/t24-,26+,27?,29+/m1/s1. The zero-order chi connectivity index (χ0) is 23.9. The Hall–Kier alpha value is -2.89. The number of aliphatic hydroxyl groups is 1. The molecule has 3 aromatic rings. The Balaban J connectivity index is 1.48. The van der Waals surface area contributed by atoms with E-state index >= 15 is 0 Å². The Morgan fingerprint density at radius 2 is 1.88 bits per heavy atom. The van der Waals surface area contributed by atoms with E-state index in [0.717, 1.165) is 42.5 Å². The van der Waals surface area contributed by atoms with Crippen molar-refractivity contribution in [1.82, 2.24) is 9.80 Å². The first-order valence-electron chi connectivity index (χ1n) is 12.2. The highest BCUT2D eigenvalue weighted by molar-refractivity contribution is 5.98. The first-order chi connectivity index (χ1) is 16.4. The lowest BCUT2D eigenvalue weighted by Gasteiger charge is -2.55. The van der Waals surface area contributed by atoms with Crippen LogP contribution in [0.4, 0.5) is 0 Å². The topological polar surface area (TPSA) is 53.0 Å². The van der Waals surface area contributed by atoms with Gasteiger partial charge in [0.2, 0.25) is 0 Å². The van der Waals surface area contributed by atoms with Crippen molar-refractivity contribution in [2.75, 3.05) is 34.3 Å². The fourth-order valence-corrected chi connectivity index (χ4v) is 6.26. The van der Waals surface area contributed by atoms with Crippen LogP contribution in [0.25, 0.3) is 10.8 Å². The van der Waals surface area contributed by atoms with Gasteiger partial charge in [0.15, 0.2) is 0 Å². The molecule has 1 aliphatic heterocycles. The molecule has 34 heavy (non-hydrogen) atoms. The van der Waals surface area contributed by atoms with Crippen LogP contribution in [0.2, 0.25) is 0 Å². The van der Waals surface area contributed by atoms with Gasteiger partial charge in [0.25, 0.3) is 5.91 Å². The third kappa shape index (κ3) is 3.97. The van der Waals surface area contributed by atoms with E-state index in [9.17, 15) is 9.90 Å². The lowest BCUT2D eigenvalue weighted by molar-refractivity contribution is -0.0566. The normalized spacial score (nSPS) is 27.2. The lowest BCUT2D eigenvalue weighted by Crippen LogP contribution is -2.60. The predicted molar refractivity (Wildman–Crippen MR) is 135 cm³/mol. The average molecular weight is 459 g/mol. The average Bonchev–Trinajstić information content (AvgIpc) is 2.88. The number of benzene rings is 3. The van der Waals surface area contributed by atoms with Crippen molar-refractivity contribution in [3.8, 4) is 5.75 Å². The van der Waals surface area contributed by atoms with Gasteiger partial charge in [0.1, 0.15) is 5.75 Å². The predicted octanol–water partition coefficient (Wildman–Crippen LogP) is 4.33. The number of hydrogen-bond acceptors (Lipinski definition) is 4. The van der Waals surface area contributed by atoms with Crippen molar-refractivity contribution >= 4 is 16.7 Å². The van der Waals surface area contributed by atoms with E-state index in [4.69, 9.17) is 4.74 Å². The van der Waals surface area contributed by atoms with E-state index in [-0.39, 0.29) is 23.3 Å². The summed E-state index contributed by atoms with van der Waals surface area (Å²) in [6, 6.07) is 22.3. The molecule has 0 radical (unpaired) electrons. The van der Waals surface area contributed by atoms with Crippen LogP contribution < -0.4 is 4.74 Å². The molecule has 0 aromatic heterocycles. The van der Waals surface area contributed by atoms with Crippen LogP contribution in [-0.2, 0) is 5.41 Å². The minimum atomic E-state index is -0.473. The fourth-order valence-electron chi connectivity index (χ4n) is 6.26. The Kier molecular flexibility index (Phi) is 6.09. The van der Waals surface area contributed by atoms with Crippen molar-refractivity contribution in [2.45, 2.75) is 36.8 Å². The number of nitrogens with zero attached hydrogens (tertiary/aromatic N) is 2. The maximum absolute atomic E-state index is 13.6. The van der Waals surface area contributed by atoms with E-state index < -0.39 is 6.10 Å². The number of ether oxygens (including phenoxy) is 1. The maximum Gasteiger partial charge on any atom is 0.253 e. The van der Waals surface area contributed by atoms with Crippen molar-refractivity contribution in [1.29, 1.82) is 0 Å². The molecule has 1 aliphatic carbocycles. The zero-order valence-corrected chi connectivity index (χ0v) is 20.3. The quantitative estimate of drug-likeness (QED) is 0.632. The minimum absolute atomic E-state index is 0.00937. The highest BCUT2D eigenvalue weighted by atomic mass is 16.5. The molecule has 178 valence electrons. The summed E-state index contributed by atoms with van der Waals surface area (Å²) in [6.07, 6.45) is 1.91. The Morgan fingerprint density at radius 1 is 1.09 bits per heavy atom. The smallest absolute Gasteiger partial charge is 0.253 e. The summed E-state index contributed by atoms with van der Waals surface area (Å²) >= 11 is 0. The van der Waals surface area contributed by atoms with Crippen LogP contribution in [-0.4, -0.2) is 67.3 Å². The molecule has 0 bridgehead atoms. The van der Waals surface area contributed by atoms with Gasteiger partial charge in [-0.2, -0.15) is 0 Å². The number of amides is 1. The van der Waals surface area contributed by atoms with E-state index in [0.29, 0.717) is 12.0 Å². The van der Waals surface area contributed by atoms with Gasteiger partial charge in [-0.1, -0.05) is 42.5 Å². The summed E-state index contributed by atoms with van der Waals surface area (Å²) in [7, 11) is 5.71. The molecular weight excluding hydrogens is 424 g/mol. The molecule has 1 N–H and O–H groups in total. The first-order valence-corrected chi connectivity index (χ1v) is 12.2. The molecule has 4 atom stereocenters. The van der Waals surface area contributed by atoms with E-state index in [1.807, 2.05) is 60.5 Å². The molecule has 3 aromatic carbocycles. The molecular formula is C29H34N2O3. The molecule has 1 unspecified atom stereocenters. The number of likely N-dealkylation sites (tertiary alicyclic amines) is 1. The van der Waals surface area contributed by atoms with E-state index in [2.05, 4.69) is 30.1 Å². The molecule has 1 heterocycles. The van der Waals surface area contributed by atoms with Gasteiger partial charge in [-0.15, -0.1) is 0 Å². The zero-order valence-electron chi connectivity index (χ0n) is 20.3. The molecule has 5 rings (SSSR count). The van der Waals surface area contributed by atoms with Crippen LogP contribution in [0.5, 0.6) is 5.75 Å². The number of aliphatic hydroxyl groups excluding tert-OH is 1. The second-order valence-electron chi connectivity index (χ2n) is 10.1. The summed E-state index contributed by atoms with van der Waals surface area (Å²) in [6.45, 7) is 1.82. The highest BCUT2D eigenvalue weighted by Crippen LogP contribution is 2.50. The Morgan fingerprint density at radius 3 is 2.68 bits per heavy atom. The van der Waals surface area contributed by atoms with E-state index in [1.54, 1.807) is 7.11 Å².